The van der Waals surface area contributed by atoms with Gasteiger partial charge >= 0.3 is 0 Å². The highest BCUT2D eigenvalue weighted by molar-refractivity contribution is 7.15. The number of unbranched alkanes of at least 4 members (excludes halogenated alkanes) is 1. The van der Waals surface area contributed by atoms with E-state index in [9.17, 15) is 4.79 Å². The Kier molecular flexibility index (Phi) is 9.17. The molecule has 0 unspecified atom stereocenters. The van der Waals surface area contributed by atoms with Gasteiger partial charge in [-0.3, -0.25) is 4.79 Å². The summed E-state index contributed by atoms with van der Waals surface area (Å²) >= 11 is 1.31. The third-order valence-electron chi connectivity index (χ3n) is 7.23. The van der Waals surface area contributed by atoms with Gasteiger partial charge in [-0.1, -0.05) is 68.0 Å². The number of nitrogens with zero attached hydrogens (tertiary/aromatic N) is 5. The van der Waals surface area contributed by atoms with Crippen molar-refractivity contribution in [3.8, 4) is 28.4 Å². The molecule has 8 nitrogen and oxygen atoms in total. The van der Waals surface area contributed by atoms with E-state index in [-0.39, 0.29) is 5.56 Å². The van der Waals surface area contributed by atoms with Gasteiger partial charge in [-0.05, 0) is 85.5 Å². The van der Waals surface area contributed by atoms with Gasteiger partial charge in [-0.15, -0.1) is 5.10 Å². The highest BCUT2D eigenvalue weighted by Gasteiger charge is 2.15. The monoisotopic (exact) mass is 617 g/mol. The van der Waals surface area contributed by atoms with E-state index in [1.807, 2.05) is 103 Å². The van der Waals surface area contributed by atoms with Crippen LogP contribution in [-0.2, 0) is 0 Å². The summed E-state index contributed by atoms with van der Waals surface area (Å²) in [4.78, 5) is 18.6. The molecule has 0 aliphatic heterocycles. The number of aryl methyl sites for hydroxylation is 1. The quantitative estimate of drug-likeness (QED) is 0.138. The van der Waals surface area contributed by atoms with E-state index >= 15 is 0 Å². The maximum atomic E-state index is 13.4. The van der Waals surface area contributed by atoms with Gasteiger partial charge in [0.15, 0.2) is 5.82 Å². The maximum Gasteiger partial charge on any atom is 0.291 e. The van der Waals surface area contributed by atoms with Gasteiger partial charge in [-0.25, -0.2) is 4.68 Å². The van der Waals surface area contributed by atoms with Crippen LogP contribution in [0.5, 0.6) is 11.5 Å². The molecular weight excluding hydrogens is 582 g/mol. The Morgan fingerprint density at radius 3 is 2.44 bits per heavy atom. The van der Waals surface area contributed by atoms with Crippen LogP contribution in [0.2, 0.25) is 0 Å². The highest BCUT2D eigenvalue weighted by Crippen LogP contribution is 2.29. The summed E-state index contributed by atoms with van der Waals surface area (Å²) in [6, 6.07) is 23.9. The number of rotatable bonds is 12. The van der Waals surface area contributed by atoms with Crippen LogP contribution in [0.1, 0.15) is 55.6 Å². The molecule has 6 aromatic rings. The molecule has 3 aromatic carbocycles. The molecule has 0 spiro atoms. The molecule has 0 saturated carbocycles. The number of ether oxygens (including phenoxy) is 2. The van der Waals surface area contributed by atoms with Gasteiger partial charge in [0.05, 0.1) is 23.4 Å². The first-order valence-corrected chi connectivity index (χ1v) is 16.0. The number of fused-ring (bicyclic) bond motifs is 1. The van der Waals surface area contributed by atoms with Crippen molar-refractivity contribution in [2.24, 2.45) is 0 Å². The number of aromatic nitrogens is 5. The summed E-state index contributed by atoms with van der Waals surface area (Å²) in [5.74, 6) is 2.19. The van der Waals surface area contributed by atoms with E-state index in [0.717, 1.165) is 71.0 Å². The lowest BCUT2D eigenvalue weighted by Crippen LogP contribution is -2.23. The third-order valence-corrected chi connectivity index (χ3v) is 8.19. The Bertz CT molecular complexity index is 2040. The molecular formula is C36H35N5O3S. The molecule has 0 saturated heterocycles. The van der Waals surface area contributed by atoms with Gasteiger partial charge in [0.25, 0.3) is 5.56 Å². The molecule has 0 aliphatic carbocycles. The topological polar surface area (TPSA) is 83.5 Å². The molecule has 3 heterocycles. The first-order valence-electron chi connectivity index (χ1n) is 15.2. The van der Waals surface area contributed by atoms with E-state index in [2.05, 4.69) is 30.0 Å². The van der Waals surface area contributed by atoms with Crippen molar-refractivity contribution in [3.05, 3.63) is 116 Å². The minimum absolute atomic E-state index is 0.214. The molecule has 45 heavy (non-hydrogen) atoms. The summed E-state index contributed by atoms with van der Waals surface area (Å²) in [5.41, 5.74) is 5.28. The SMILES string of the molecule is CCCCOc1ccc(/C=C/c2nc3s/c(=C\c4cn(-c5ccccc5)nc4-c4ccc(OCCC)c(C)c4)c(=O)n3n2)cc1. The molecule has 9 heteroatoms. The van der Waals surface area contributed by atoms with E-state index < -0.39 is 0 Å². The average Bonchev–Trinajstić information content (AvgIpc) is 3.75. The zero-order chi connectivity index (χ0) is 31.2. The van der Waals surface area contributed by atoms with Crippen LogP contribution in [0.15, 0.2) is 83.8 Å². The van der Waals surface area contributed by atoms with Gasteiger partial charge in [0.1, 0.15) is 17.2 Å². The lowest BCUT2D eigenvalue weighted by atomic mass is 10.0. The smallest absolute Gasteiger partial charge is 0.291 e. The summed E-state index contributed by atoms with van der Waals surface area (Å²) in [7, 11) is 0. The van der Waals surface area contributed by atoms with Gasteiger partial charge in [0, 0.05) is 17.3 Å². The van der Waals surface area contributed by atoms with Crippen LogP contribution >= 0.6 is 11.3 Å². The van der Waals surface area contributed by atoms with Crippen LogP contribution in [0.4, 0.5) is 0 Å². The Hall–Kier alpha value is -5.02. The molecule has 0 amide bonds. The lowest BCUT2D eigenvalue weighted by Gasteiger charge is -2.09. The standard InChI is InChI=1S/C36H35N5O3S/c1-4-6-21-43-30-16-12-26(13-17-30)14-19-33-37-36-41(38-33)35(42)32(45-36)23-28-24-40(29-10-8-7-9-11-29)39-34(28)27-15-18-31(25(3)22-27)44-20-5-2/h7-19,22-24H,4-6,20-21H2,1-3H3/b19-14+,32-23-. The summed E-state index contributed by atoms with van der Waals surface area (Å²) in [5, 5.41) is 9.41. The first kappa shape index (κ1) is 30.0. The number of hydrogen-bond acceptors (Lipinski definition) is 7. The number of thiazole rings is 1. The lowest BCUT2D eigenvalue weighted by molar-refractivity contribution is 0.309. The predicted molar refractivity (Wildman–Crippen MR) is 181 cm³/mol. The summed E-state index contributed by atoms with van der Waals surface area (Å²) in [6.07, 6.45) is 10.6. The van der Waals surface area contributed by atoms with Crippen LogP contribution in [0, 0.1) is 6.92 Å². The number of benzene rings is 3. The van der Waals surface area contributed by atoms with Crippen molar-refractivity contribution >= 4 is 34.5 Å². The van der Waals surface area contributed by atoms with Crippen LogP contribution in [0.3, 0.4) is 0 Å². The second kappa shape index (κ2) is 13.7. The van der Waals surface area contributed by atoms with Gasteiger partial charge in [-0.2, -0.15) is 14.6 Å². The third kappa shape index (κ3) is 6.89. The molecule has 0 N–H and O–H groups in total. The van der Waals surface area contributed by atoms with E-state index in [1.54, 1.807) is 0 Å². The average molecular weight is 618 g/mol. The molecule has 3 aromatic heterocycles. The van der Waals surface area contributed by atoms with E-state index in [0.29, 0.717) is 21.9 Å². The zero-order valence-electron chi connectivity index (χ0n) is 25.6. The van der Waals surface area contributed by atoms with Crippen LogP contribution in [-0.4, -0.2) is 37.6 Å². The van der Waals surface area contributed by atoms with Gasteiger partial charge < -0.3 is 9.47 Å². The normalized spacial score (nSPS) is 12.0. The Morgan fingerprint density at radius 2 is 1.71 bits per heavy atom. The van der Waals surface area contributed by atoms with Crippen molar-refractivity contribution < 1.29 is 9.47 Å². The fourth-order valence-electron chi connectivity index (χ4n) is 4.84. The largest absolute Gasteiger partial charge is 0.494 e. The highest BCUT2D eigenvalue weighted by atomic mass is 32.1. The van der Waals surface area contributed by atoms with Crippen molar-refractivity contribution in [2.75, 3.05) is 13.2 Å². The molecule has 0 radical (unpaired) electrons. The Labute approximate surface area is 265 Å². The van der Waals surface area contributed by atoms with Crippen molar-refractivity contribution in [2.45, 2.75) is 40.0 Å². The van der Waals surface area contributed by atoms with E-state index in [4.69, 9.17) is 14.6 Å². The Morgan fingerprint density at radius 1 is 0.889 bits per heavy atom. The minimum atomic E-state index is -0.214. The Balaban J connectivity index is 1.30. The van der Waals surface area contributed by atoms with Crippen LogP contribution < -0.4 is 19.6 Å². The fraction of sp³-hybridized carbons (Fsp3) is 0.222. The minimum Gasteiger partial charge on any atom is -0.494 e. The van der Waals surface area contributed by atoms with E-state index in [1.165, 1.54) is 15.9 Å². The summed E-state index contributed by atoms with van der Waals surface area (Å²) in [6.45, 7) is 7.65. The predicted octanol–water partition coefficient (Wildman–Crippen LogP) is 7.00. The van der Waals surface area contributed by atoms with Crippen LogP contribution in [0.25, 0.3) is 40.1 Å². The molecule has 0 bridgehead atoms. The number of hydrogen-bond donors (Lipinski definition) is 0. The molecule has 0 fully saturated rings. The van der Waals surface area contributed by atoms with Gasteiger partial charge in [0.2, 0.25) is 4.96 Å². The second-order valence-corrected chi connectivity index (χ2v) is 11.7. The fourth-order valence-corrected chi connectivity index (χ4v) is 5.75. The molecule has 228 valence electrons. The molecule has 0 atom stereocenters. The molecule has 0 aliphatic rings. The maximum absolute atomic E-state index is 13.4. The van der Waals surface area contributed by atoms with Crippen molar-refractivity contribution in [1.82, 2.24) is 24.4 Å². The number of para-hydroxylation sites is 1. The zero-order valence-corrected chi connectivity index (χ0v) is 26.5. The molecule has 6 rings (SSSR count). The first-order chi connectivity index (χ1) is 22.0. The second-order valence-electron chi connectivity index (χ2n) is 10.7. The summed E-state index contributed by atoms with van der Waals surface area (Å²) < 4.78 is 15.4. The van der Waals surface area contributed by atoms with Crippen molar-refractivity contribution in [1.29, 1.82) is 0 Å². The van der Waals surface area contributed by atoms with Crippen molar-refractivity contribution in [3.63, 3.8) is 0 Å².